The Kier molecular flexibility index (Phi) is 5.56. The molecule has 1 aromatic carbocycles. The van der Waals surface area contributed by atoms with Crippen molar-refractivity contribution in [2.24, 2.45) is 0 Å². The van der Waals surface area contributed by atoms with E-state index in [0.717, 1.165) is 50.4 Å². The molecule has 0 N–H and O–H groups in total. The van der Waals surface area contributed by atoms with Gasteiger partial charge in [0.25, 0.3) is 5.91 Å². The summed E-state index contributed by atoms with van der Waals surface area (Å²) in [7, 11) is 0. The molecule has 1 saturated heterocycles. The van der Waals surface area contributed by atoms with E-state index in [1.807, 2.05) is 29.2 Å². The lowest BCUT2D eigenvalue weighted by molar-refractivity contribution is 0.0633. The Balaban J connectivity index is 1.33. The van der Waals surface area contributed by atoms with Crippen LogP contribution in [0.5, 0.6) is 0 Å². The van der Waals surface area contributed by atoms with Crippen molar-refractivity contribution in [2.75, 3.05) is 26.2 Å². The fourth-order valence-electron chi connectivity index (χ4n) is 3.98. The van der Waals surface area contributed by atoms with Crippen molar-refractivity contribution in [1.82, 2.24) is 9.80 Å². The highest BCUT2D eigenvalue weighted by molar-refractivity contribution is 7.14. The van der Waals surface area contributed by atoms with E-state index in [4.69, 9.17) is 5.26 Å². The van der Waals surface area contributed by atoms with Crippen LogP contribution in [0.4, 0.5) is 0 Å². The molecule has 1 aromatic heterocycles. The summed E-state index contributed by atoms with van der Waals surface area (Å²) in [5, 5.41) is 8.90. The van der Waals surface area contributed by atoms with Gasteiger partial charge in [-0.1, -0.05) is 18.6 Å². The third-order valence-corrected chi connectivity index (χ3v) is 6.83. The number of amides is 1. The van der Waals surface area contributed by atoms with E-state index < -0.39 is 0 Å². The minimum absolute atomic E-state index is 0.214. The number of benzene rings is 1. The molecule has 5 heteroatoms. The maximum Gasteiger partial charge on any atom is 0.264 e. The van der Waals surface area contributed by atoms with E-state index in [9.17, 15) is 4.79 Å². The molecule has 2 aromatic rings. The van der Waals surface area contributed by atoms with Crippen LogP contribution >= 0.6 is 11.3 Å². The van der Waals surface area contributed by atoms with Gasteiger partial charge >= 0.3 is 0 Å². The van der Waals surface area contributed by atoms with Gasteiger partial charge in [-0.2, -0.15) is 5.26 Å². The molecule has 2 heterocycles. The van der Waals surface area contributed by atoms with Crippen LogP contribution in [0.15, 0.2) is 30.3 Å². The minimum atomic E-state index is 0.214. The first-order valence-electron chi connectivity index (χ1n) is 9.85. The third-order valence-electron chi connectivity index (χ3n) is 5.61. The van der Waals surface area contributed by atoms with Crippen LogP contribution in [0.3, 0.4) is 0 Å². The van der Waals surface area contributed by atoms with E-state index in [0.29, 0.717) is 5.56 Å². The summed E-state index contributed by atoms with van der Waals surface area (Å²) in [6.45, 7) is 4.25. The molecular formula is C22H25N3OS. The highest BCUT2D eigenvalue weighted by Crippen LogP contribution is 2.30. The third kappa shape index (κ3) is 4.23. The number of rotatable bonds is 3. The predicted octanol–water partition coefficient (Wildman–Crippen LogP) is 3.85. The number of nitriles is 1. The number of hydrogen-bond acceptors (Lipinski definition) is 4. The molecule has 1 aliphatic heterocycles. The highest BCUT2D eigenvalue weighted by Gasteiger charge is 2.24. The van der Waals surface area contributed by atoms with E-state index in [1.165, 1.54) is 35.3 Å². The van der Waals surface area contributed by atoms with E-state index in [1.54, 1.807) is 11.3 Å². The van der Waals surface area contributed by atoms with Gasteiger partial charge in [0.2, 0.25) is 0 Å². The molecule has 0 atom stereocenters. The molecule has 4 nitrogen and oxygen atoms in total. The van der Waals surface area contributed by atoms with Crippen LogP contribution in [-0.2, 0) is 19.4 Å². The van der Waals surface area contributed by atoms with Crippen LogP contribution < -0.4 is 0 Å². The summed E-state index contributed by atoms with van der Waals surface area (Å²) in [6, 6.07) is 12.1. The SMILES string of the molecule is N#Cc1ccc(CN2CCN(C(=O)c3cc4c(s3)CCCCC4)CC2)cc1. The van der Waals surface area contributed by atoms with E-state index >= 15 is 0 Å². The Hall–Kier alpha value is -2.16. The summed E-state index contributed by atoms with van der Waals surface area (Å²) in [6.07, 6.45) is 6.11. The van der Waals surface area contributed by atoms with Gasteiger partial charge in [0.05, 0.1) is 16.5 Å². The Labute approximate surface area is 165 Å². The maximum atomic E-state index is 12.9. The van der Waals surface area contributed by atoms with E-state index in [-0.39, 0.29) is 5.91 Å². The first-order chi connectivity index (χ1) is 13.2. The number of fused-ring (bicyclic) bond motifs is 1. The van der Waals surface area contributed by atoms with Crippen molar-refractivity contribution in [3.63, 3.8) is 0 Å². The first kappa shape index (κ1) is 18.2. The minimum Gasteiger partial charge on any atom is -0.335 e. The number of aryl methyl sites for hydroxylation is 2. The predicted molar refractivity (Wildman–Crippen MR) is 108 cm³/mol. The van der Waals surface area contributed by atoms with Crippen molar-refractivity contribution in [3.05, 3.63) is 56.8 Å². The second kappa shape index (κ2) is 8.24. The van der Waals surface area contributed by atoms with Gasteiger partial charge in [0.15, 0.2) is 0 Å². The Morgan fingerprint density at radius 1 is 1.04 bits per heavy atom. The lowest BCUT2D eigenvalue weighted by atomic mass is 10.1. The second-order valence-corrected chi connectivity index (χ2v) is 8.63. The molecule has 27 heavy (non-hydrogen) atoms. The molecule has 2 aliphatic rings. The van der Waals surface area contributed by atoms with Gasteiger partial charge in [0, 0.05) is 37.6 Å². The molecule has 0 spiro atoms. The number of carbonyl (C=O) groups excluding carboxylic acids is 1. The van der Waals surface area contributed by atoms with Crippen molar-refractivity contribution < 1.29 is 4.79 Å². The van der Waals surface area contributed by atoms with E-state index in [2.05, 4.69) is 17.0 Å². The lowest BCUT2D eigenvalue weighted by Gasteiger charge is -2.34. The standard InChI is InChI=1S/C22H25N3OS/c23-15-17-6-8-18(9-7-17)16-24-10-12-25(13-11-24)22(26)21-14-19-4-2-1-3-5-20(19)27-21/h6-9,14H,1-5,10-13,16H2. The normalized spacial score (nSPS) is 17.8. The van der Waals surface area contributed by atoms with Crippen LogP contribution in [0.1, 0.15) is 50.5 Å². The first-order valence-corrected chi connectivity index (χ1v) is 10.7. The van der Waals surface area contributed by atoms with Crippen molar-refractivity contribution >= 4 is 17.2 Å². The quantitative estimate of drug-likeness (QED) is 0.761. The number of carbonyl (C=O) groups is 1. The molecule has 4 rings (SSSR count). The molecule has 0 bridgehead atoms. The fourth-order valence-corrected chi connectivity index (χ4v) is 5.20. The molecule has 140 valence electrons. The zero-order chi connectivity index (χ0) is 18.6. The number of thiophene rings is 1. The number of piperazine rings is 1. The zero-order valence-electron chi connectivity index (χ0n) is 15.6. The van der Waals surface area contributed by atoms with Gasteiger partial charge < -0.3 is 4.90 Å². The smallest absolute Gasteiger partial charge is 0.264 e. The van der Waals surface area contributed by atoms with Gasteiger partial charge in [-0.3, -0.25) is 9.69 Å². The summed E-state index contributed by atoms with van der Waals surface area (Å²) >= 11 is 1.73. The second-order valence-electron chi connectivity index (χ2n) is 7.50. The van der Waals surface area contributed by atoms with Crippen LogP contribution in [-0.4, -0.2) is 41.9 Å². The van der Waals surface area contributed by atoms with Crippen molar-refractivity contribution in [2.45, 2.75) is 38.6 Å². The van der Waals surface area contributed by atoms with Gasteiger partial charge in [-0.15, -0.1) is 11.3 Å². The van der Waals surface area contributed by atoms with Crippen LogP contribution in [0, 0.1) is 11.3 Å². The summed E-state index contributed by atoms with van der Waals surface area (Å²) in [4.78, 5) is 19.7. The molecule has 1 aliphatic carbocycles. The highest BCUT2D eigenvalue weighted by atomic mass is 32.1. The Morgan fingerprint density at radius 3 is 2.52 bits per heavy atom. The number of hydrogen-bond donors (Lipinski definition) is 0. The Bertz CT molecular complexity index is 818. The van der Waals surface area contributed by atoms with Gasteiger partial charge in [-0.05, 0) is 55.0 Å². The summed E-state index contributed by atoms with van der Waals surface area (Å²) in [5.74, 6) is 0.214. The molecule has 1 amide bonds. The summed E-state index contributed by atoms with van der Waals surface area (Å²) < 4.78 is 0. The van der Waals surface area contributed by atoms with Gasteiger partial charge in [0.1, 0.15) is 0 Å². The molecule has 0 radical (unpaired) electrons. The lowest BCUT2D eigenvalue weighted by Crippen LogP contribution is -2.48. The fraction of sp³-hybridized carbons (Fsp3) is 0.455. The average Bonchev–Trinajstić information content (AvgIpc) is 2.99. The van der Waals surface area contributed by atoms with Gasteiger partial charge in [-0.25, -0.2) is 0 Å². The number of nitrogens with zero attached hydrogens (tertiary/aromatic N) is 3. The molecule has 1 fully saturated rings. The monoisotopic (exact) mass is 379 g/mol. The molecular weight excluding hydrogens is 354 g/mol. The molecule has 0 unspecified atom stereocenters. The maximum absolute atomic E-state index is 12.9. The summed E-state index contributed by atoms with van der Waals surface area (Å²) in [5.41, 5.74) is 3.33. The van der Waals surface area contributed by atoms with Crippen molar-refractivity contribution in [3.8, 4) is 6.07 Å². The Morgan fingerprint density at radius 2 is 1.78 bits per heavy atom. The van der Waals surface area contributed by atoms with Crippen LogP contribution in [0.25, 0.3) is 0 Å². The molecule has 0 saturated carbocycles. The zero-order valence-corrected chi connectivity index (χ0v) is 16.4. The van der Waals surface area contributed by atoms with Crippen LogP contribution in [0.2, 0.25) is 0 Å². The largest absolute Gasteiger partial charge is 0.335 e. The topological polar surface area (TPSA) is 47.3 Å². The average molecular weight is 380 g/mol. The van der Waals surface area contributed by atoms with Crippen molar-refractivity contribution in [1.29, 1.82) is 5.26 Å².